The number of amides is 1. The van der Waals surface area contributed by atoms with E-state index in [1.165, 1.54) is 0 Å². The quantitative estimate of drug-likeness (QED) is 0.877. The Morgan fingerprint density at radius 3 is 2.95 bits per heavy atom. The summed E-state index contributed by atoms with van der Waals surface area (Å²) in [5, 5.41) is 10.4. The summed E-state index contributed by atoms with van der Waals surface area (Å²) in [5.41, 5.74) is 0.974. The van der Waals surface area contributed by atoms with E-state index in [-0.39, 0.29) is 5.91 Å². The first-order valence-electron chi connectivity index (χ1n) is 6.67. The van der Waals surface area contributed by atoms with Gasteiger partial charge in [0.15, 0.2) is 5.69 Å². The molecule has 1 amide bonds. The minimum atomic E-state index is -0.280. The summed E-state index contributed by atoms with van der Waals surface area (Å²) < 4.78 is 7.13. The van der Waals surface area contributed by atoms with Gasteiger partial charge in [-0.05, 0) is 25.5 Å². The van der Waals surface area contributed by atoms with E-state index in [1.807, 2.05) is 26.0 Å². The number of aryl methyl sites for hydroxylation is 1. The van der Waals surface area contributed by atoms with Crippen LogP contribution in [0.5, 0.6) is 5.75 Å². The van der Waals surface area contributed by atoms with Crippen LogP contribution in [-0.4, -0.2) is 27.5 Å². The molecule has 1 heterocycles. The molecule has 0 aliphatic carbocycles. The van der Waals surface area contributed by atoms with Crippen LogP contribution < -0.4 is 10.1 Å². The molecule has 0 aliphatic heterocycles. The van der Waals surface area contributed by atoms with Crippen molar-refractivity contribution in [3.05, 3.63) is 36.2 Å². The second kappa shape index (κ2) is 6.70. The molecular weight excluding hydrogens is 256 g/mol. The monoisotopic (exact) mass is 274 g/mol. The molecule has 2 aromatic rings. The van der Waals surface area contributed by atoms with Gasteiger partial charge in [-0.15, -0.1) is 5.10 Å². The summed E-state index contributed by atoms with van der Waals surface area (Å²) in [4.78, 5) is 12.0. The zero-order valence-corrected chi connectivity index (χ0v) is 11.7. The maximum Gasteiger partial charge on any atom is 0.277 e. The molecule has 6 nitrogen and oxygen atoms in total. The van der Waals surface area contributed by atoms with E-state index in [2.05, 4.69) is 15.6 Å². The van der Waals surface area contributed by atoms with Gasteiger partial charge >= 0.3 is 0 Å². The van der Waals surface area contributed by atoms with E-state index >= 15 is 0 Å². The summed E-state index contributed by atoms with van der Waals surface area (Å²) in [6.07, 6.45) is 2.56. The van der Waals surface area contributed by atoms with Crippen LogP contribution in [0.1, 0.15) is 30.8 Å². The number of aromatic nitrogens is 3. The SMILES string of the molecule is CCCOc1cccc(NC(=O)c2cn(CC)nn2)c1. The van der Waals surface area contributed by atoms with Crippen molar-refractivity contribution in [2.24, 2.45) is 0 Å². The Labute approximate surface area is 117 Å². The Balaban J connectivity index is 2.03. The Hall–Kier alpha value is -2.37. The van der Waals surface area contributed by atoms with Gasteiger partial charge < -0.3 is 10.1 Å². The van der Waals surface area contributed by atoms with Gasteiger partial charge in [0.25, 0.3) is 5.91 Å². The van der Waals surface area contributed by atoms with Crippen molar-refractivity contribution < 1.29 is 9.53 Å². The standard InChI is InChI=1S/C14H18N4O2/c1-3-8-20-12-7-5-6-11(9-12)15-14(19)13-10-18(4-2)17-16-13/h5-7,9-10H,3-4,8H2,1-2H3,(H,15,19). The molecule has 0 aliphatic rings. The van der Waals surface area contributed by atoms with Crippen LogP contribution in [0, 0.1) is 0 Å². The van der Waals surface area contributed by atoms with E-state index in [9.17, 15) is 4.79 Å². The molecule has 1 aromatic carbocycles. The van der Waals surface area contributed by atoms with Crippen LogP contribution in [0.3, 0.4) is 0 Å². The van der Waals surface area contributed by atoms with Gasteiger partial charge in [-0.3, -0.25) is 9.48 Å². The van der Waals surface area contributed by atoms with E-state index in [1.54, 1.807) is 23.0 Å². The molecule has 0 fully saturated rings. The minimum Gasteiger partial charge on any atom is -0.494 e. The summed E-state index contributed by atoms with van der Waals surface area (Å²) in [6.45, 7) is 5.32. The summed E-state index contributed by atoms with van der Waals surface area (Å²) in [6, 6.07) is 7.29. The maximum atomic E-state index is 12.0. The topological polar surface area (TPSA) is 69.0 Å². The van der Waals surface area contributed by atoms with Crippen molar-refractivity contribution in [2.45, 2.75) is 26.8 Å². The van der Waals surface area contributed by atoms with E-state index in [0.717, 1.165) is 12.2 Å². The molecule has 1 N–H and O–H groups in total. The molecular formula is C14H18N4O2. The number of carbonyl (C=O) groups is 1. The first kappa shape index (κ1) is 14.0. The molecule has 0 saturated heterocycles. The van der Waals surface area contributed by atoms with E-state index < -0.39 is 0 Å². The molecule has 6 heteroatoms. The lowest BCUT2D eigenvalue weighted by Gasteiger charge is -2.07. The summed E-state index contributed by atoms with van der Waals surface area (Å²) in [5.74, 6) is 0.458. The number of nitrogens with zero attached hydrogens (tertiary/aromatic N) is 3. The smallest absolute Gasteiger partial charge is 0.277 e. The van der Waals surface area contributed by atoms with E-state index in [4.69, 9.17) is 4.74 Å². The predicted octanol–water partition coefficient (Wildman–Crippen LogP) is 2.34. The first-order chi connectivity index (χ1) is 9.72. The Kier molecular flexibility index (Phi) is 4.70. The normalized spacial score (nSPS) is 10.3. The molecule has 106 valence electrons. The van der Waals surface area contributed by atoms with Gasteiger partial charge in [-0.1, -0.05) is 18.2 Å². The summed E-state index contributed by atoms with van der Waals surface area (Å²) >= 11 is 0. The number of hydrogen-bond donors (Lipinski definition) is 1. The second-order valence-electron chi connectivity index (χ2n) is 4.29. The fourth-order valence-corrected chi connectivity index (χ4v) is 1.64. The number of hydrogen-bond acceptors (Lipinski definition) is 4. The van der Waals surface area contributed by atoms with Crippen LogP contribution in [0.2, 0.25) is 0 Å². The lowest BCUT2D eigenvalue weighted by atomic mass is 10.3. The van der Waals surface area contributed by atoms with Crippen molar-refractivity contribution in [1.82, 2.24) is 15.0 Å². The van der Waals surface area contributed by atoms with Crippen molar-refractivity contribution >= 4 is 11.6 Å². The third kappa shape index (κ3) is 3.57. The van der Waals surface area contributed by atoms with Crippen LogP contribution >= 0.6 is 0 Å². The fraction of sp³-hybridized carbons (Fsp3) is 0.357. The van der Waals surface area contributed by atoms with Crippen molar-refractivity contribution in [3.63, 3.8) is 0 Å². The van der Waals surface area contributed by atoms with Crippen LogP contribution in [0.15, 0.2) is 30.5 Å². The third-order valence-electron chi connectivity index (χ3n) is 2.66. The first-order valence-corrected chi connectivity index (χ1v) is 6.67. The number of rotatable bonds is 6. The molecule has 0 atom stereocenters. The number of ether oxygens (including phenoxy) is 1. The molecule has 0 radical (unpaired) electrons. The van der Waals surface area contributed by atoms with Crippen LogP contribution in [-0.2, 0) is 6.54 Å². The highest BCUT2D eigenvalue weighted by molar-refractivity contribution is 6.02. The van der Waals surface area contributed by atoms with E-state index in [0.29, 0.717) is 24.5 Å². The molecule has 1 aromatic heterocycles. The number of carbonyl (C=O) groups excluding carboxylic acids is 1. The summed E-state index contributed by atoms with van der Waals surface area (Å²) in [7, 11) is 0. The molecule has 0 unspecified atom stereocenters. The van der Waals surface area contributed by atoms with Crippen LogP contribution in [0.4, 0.5) is 5.69 Å². The van der Waals surface area contributed by atoms with Crippen LogP contribution in [0.25, 0.3) is 0 Å². The van der Waals surface area contributed by atoms with Gasteiger partial charge in [0.2, 0.25) is 0 Å². The lowest BCUT2D eigenvalue weighted by molar-refractivity contribution is 0.102. The lowest BCUT2D eigenvalue weighted by Crippen LogP contribution is -2.12. The molecule has 0 bridgehead atoms. The minimum absolute atomic E-state index is 0.280. The Morgan fingerprint density at radius 1 is 1.40 bits per heavy atom. The molecule has 2 rings (SSSR count). The van der Waals surface area contributed by atoms with Crippen molar-refractivity contribution in [2.75, 3.05) is 11.9 Å². The third-order valence-corrected chi connectivity index (χ3v) is 2.66. The number of anilines is 1. The highest BCUT2D eigenvalue weighted by atomic mass is 16.5. The Bertz CT molecular complexity index is 580. The Morgan fingerprint density at radius 2 is 2.25 bits per heavy atom. The van der Waals surface area contributed by atoms with Gasteiger partial charge in [-0.25, -0.2) is 0 Å². The van der Waals surface area contributed by atoms with Crippen molar-refractivity contribution in [3.8, 4) is 5.75 Å². The number of nitrogens with one attached hydrogen (secondary N) is 1. The van der Waals surface area contributed by atoms with Gasteiger partial charge in [0, 0.05) is 18.3 Å². The molecule has 0 spiro atoms. The zero-order chi connectivity index (χ0) is 14.4. The second-order valence-corrected chi connectivity index (χ2v) is 4.29. The molecule has 0 saturated carbocycles. The molecule has 20 heavy (non-hydrogen) atoms. The fourth-order valence-electron chi connectivity index (χ4n) is 1.64. The predicted molar refractivity (Wildman–Crippen MR) is 75.9 cm³/mol. The number of benzene rings is 1. The van der Waals surface area contributed by atoms with Gasteiger partial charge in [-0.2, -0.15) is 0 Å². The highest BCUT2D eigenvalue weighted by Crippen LogP contribution is 2.18. The average molecular weight is 274 g/mol. The maximum absolute atomic E-state index is 12.0. The zero-order valence-electron chi connectivity index (χ0n) is 11.7. The largest absolute Gasteiger partial charge is 0.494 e. The van der Waals surface area contributed by atoms with Gasteiger partial charge in [0.1, 0.15) is 5.75 Å². The average Bonchev–Trinajstić information content (AvgIpc) is 2.94. The highest BCUT2D eigenvalue weighted by Gasteiger charge is 2.10. The van der Waals surface area contributed by atoms with Gasteiger partial charge in [0.05, 0.1) is 12.8 Å². The van der Waals surface area contributed by atoms with Crippen molar-refractivity contribution in [1.29, 1.82) is 0 Å².